The molecule has 0 rings (SSSR count). The van der Waals surface area contributed by atoms with Crippen LogP contribution in [0.2, 0.25) is 0 Å². The zero-order valence-corrected chi connectivity index (χ0v) is 60.6. The van der Waals surface area contributed by atoms with E-state index in [1.54, 1.807) is 0 Å². The number of carbonyl (C=O) groups is 3. The molecule has 9 heteroatoms. The van der Waals surface area contributed by atoms with Crippen molar-refractivity contribution < 1.29 is 42.9 Å². The van der Waals surface area contributed by atoms with Gasteiger partial charge in [-0.3, -0.25) is 9.59 Å². The zero-order valence-electron chi connectivity index (χ0n) is 60.6. The van der Waals surface area contributed by atoms with Crippen molar-refractivity contribution in [2.75, 3.05) is 47.5 Å². The Kier molecular flexibility index (Phi) is 69.9. The lowest BCUT2D eigenvalue weighted by Crippen LogP contribution is -2.40. The summed E-state index contributed by atoms with van der Waals surface area (Å²) in [4.78, 5) is 37.7. The molecule has 0 fully saturated rings. The highest BCUT2D eigenvalue weighted by molar-refractivity contribution is 5.71. The third-order valence-electron chi connectivity index (χ3n) is 17.8. The SMILES string of the molecule is CC/C=C\C/C=C\C/C=C\C/C=C\CCCCCCCCCCCCCCCCCCCCCCCCCCCCC(=O)OC(COC(=O)CCCCCCCCCCCCCCCCCCCCCCCCCCCC)COC(OCC[N+](C)(C)C)C(=O)O. The Bertz CT molecular complexity index is 1620. The Labute approximate surface area is 559 Å². The Morgan fingerprint density at radius 3 is 0.944 bits per heavy atom. The number of carbonyl (C=O) groups excluding carboxylic acids is 2. The van der Waals surface area contributed by atoms with Crippen molar-refractivity contribution in [1.29, 1.82) is 0 Å². The molecule has 9 nitrogen and oxygen atoms in total. The molecule has 0 aromatic carbocycles. The van der Waals surface area contributed by atoms with Crippen molar-refractivity contribution in [2.45, 2.75) is 405 Å². The number of rotatable bonds is 74. The second kappa shape index (κ2) is 72.1. The summed E-state index contributed by atoms with van der Waals surface area (Å²) in [6.45, 7) is 4.85. The maximum atomic E-state index is 13.0. The Morgan fingerprint density at radius 1 is 0.344 bits per heavy atom. The molecule has 90 heavy (non-hydrogen) atoms. The fraction of sp³-hybridized carbons (Fsp3) is 0.864. The van der Waals surface area contributed by atoms with Crippen LogP contribution in [0.4, 0.5) is 0 Å². The van der Waals surface area contributed by atoms with Gasteiger partial charge < -0.3 is 28.5 Å². The first-order valence-corrected chi connectivity index (χ1v) is 39.3. The van der Waals surface area contributed by atoms with Crippen molar-refractivity contribution in [3.63, 3.8) is 0 Å². The number of hydrogen-bond donors (Lipinski definition) is 1. The monoisotopic (exact) mass is 1270 g/mol. The number of aliphatic carboxylic acids is 1. The molecule has 2 atom stereocenters. The molecule has 0 aliphatic heterocycles. The number of quaternary nitrogens is 1. The summed E-state index contributed by atoms with van der Waals surface area (Å²) in [5.41, 5.74) is 0. The number of ether oxygens (including phenoxy) is 4. The molecule has 0 heterocycles. The second-order valence-electron chi connectivity index (χ2n) is 28.0. The molecule has 0 bridgehead atoms. The number of unbranched alkanes of at least 4 members (excludes halogenated alkanes) is 51. The number of esters is 2. The largest absolute Gasteiger partial charge is 0.477 e. The highest BCUT2D eigenvalue weighted by Gasteiger charge is 2.25. The van der Waals surface area contributed by atoms with Gasteiger partial charge in [0.25, 0.3) is 6.29 Å². The van der Waals surface area contributed by atoms with Crippen LogP contribution in [-0.2, 0) is 33.3 Å². The molecule has 0 saturated heterocycles. The minimum absolute atomic E-state index is 0.174. The molecular formula is C81H152NO8+. The quantitative estimate of drug-likeness (QED) is 0.0211. The molecular weight excluding hydrogens is 1110 g/mol. The van der Waals surface area contributed by atoms with Crippen molar-refractivity contribution >= 4 is 17.9 Å². The van der Waals surface area contributed by atoms with Gasteiger partial charge in [-0.2, -0.15) is 0 Å². The van der Waals surface area contributed by atoms with E-state index in [2.05, 4.69) is 62.5 Å². The smallest absolute Gasteiger partial charge is 0.361 e. The van der Waals surface area contributed by atoms with Gasteiger partial charge in [-0.1, -0.05) is 377 Å². The number of likely N-dealkylation sites (N-methyl/N-ethyl adjacent to an activating group) is 1. The van der Waals surface area contributed by atoms with E-state index in [0.29, 0.717) is 17.4 Å². The van der Waals surface area contributed by atoms with Crippen LogP contribution in [0.1, 0.15) is 393 Å². The minimum atomic E-state index is -1.51. The highest BCUT2D eigenvalue weighted by Crippen LogP contribution is 2.20. The van der Waals surface area contributed by atoms with Crippen LogP contribution < -0.4 is 0 Å². The first-order chi connectivity index (χ1) is 44.1. The summed E-state index contributed by atoms with van der Waals surface area (Å²) >= 11 is 0. The van der Waals surface area contributed by atoms with Crippen LogP contribution in [0.5, 0.6) is 0 Å². The zero-order chi connectivity index (χ0) is 65.4. The topological polar surface area (TPSA) is 108 Å². The average Bonchev–Trinajstić information content (AvgIpc) is 3.65. The van der Waals surface area contributed by atoms with Gasteiger partial charge in [-0.05, 0) is 51.4 Å². The summed E-state index contributed by atoms with van der Waals surface area (Å²) in [6, 6.07) is 0. The van der Waals surface area contributed by atoms with Gasteiger partial charge in [0.1, 0.15) is 13.2 Å². The molecule has 0 aliphatic carbocycles. The Hall–Kier alpha value is -2.75. The molecule has 528 valence electrons. The van der Waals surface area contributed by atoms with Crippen LogP contribution in [0.15, 0.2) is 48.6 Å². The lowest BCUT2D eigenvalue weighted by Gasteiger charge is -2.25. The van der Waals surface area contributed by atoms with Gasteiger partial charge in [-0.25, -0.2) is 4.79 Å². The van der Waals surface area contributed by atoms with Crippen molar-refractivity contribution in [1.82, 2.24) is 0 Å². The first kappa shape index (κ1) is 87.2. The number of allylic oxidation sites excluding steroid dienone is 8. The summed E-state index contributed by atoms with van der Waals surface area (Å²) in [5, 5.41) is 9.77. The van der Waals surface area contributed by atoms with Gasteiger partial charge in [-0.15, -0.1) is 0 Å². The fourth-order valence-corrected chi connectivity index (χ4v) is 11.9. The molecule has 0 amide bonds. The first-order valence-electron chi connectivity index (χ1n) is 39.3. The molecule has 0 aromatic rings. The molecule has 0 spiro atoms. The summed E-state index contributed by atoms with van der Waals surface area (Å²) in [6.07, 6.45) is 91.3. The van der Waals surface area contributed by atoms with Gasteiger partial charge in [0.15, 0.2) is 6.10 Å². The summed E-state index contributed by atoms with van der Waals surface area (Å²) in [5.74, 6) is -1.97. The minimum Gasteiger partial charge on any atom is -0.477 e. The molecule has 0 aliphatic rings. The van der Waals surface area contributed by atoms with E-state index in [9.17, 15) is 19.5 Å². The summed E-state index contributed by atoms with van der Waals surface area (Å²) < 4.78 is 23.1. The van der Waals surface area contributed by atoms with Gasteiger partial charge in [0.2, 0.25) is 0 Å². The molecule has 2 unspecified atom stereocenters. The van der Waals surface area contributed by atoms with Gasteiger partial charge in [0.05, 0.1) is 34.4 Å². The van der Waals surface area contributed by atoms with Gasteiger partial charge >= 0.3 is 17.9 Å². The van der Waals surface area contributed by atoms with Gasteiger partial charge in [0, 0.05) is 12.8 Å². The average molecular weight is 1270 g/mol. The third-order valence-corrected chi connectivity index (χ3v) is 17.8. The molecule has 0 aromatic heterocycles. The lowest BCUT2D eigenvalue weighted by molar-refractivity contribution is -0.870. The maximum absolute atomic E-state index is 13.0. The van der Waals surface area contributed by atoms with Crippen molar-refractivity contribution in [2.24, 2.45) is 0 Å². The fourth-order valence-electron chi connectivity index (χ4n) is 11.9. The van der Waals surface area contributed by atoms with E-state index in [1.807, 2.05) is 21.1 Å². The Morgan fingerprint density at radius 2 is 0.633 bits per heavy atom. The van der Waals surface area contributed by atoms with E-state index in [-0.39, 0.29) is 38.2 Å². The van der Waals surface area contributed by atoms with Crippen LogP contribution in [0.25, 0.3) is 0 Å². The van der Waals surface area contributed by atoms with Crippen molar-refractivity contribution in [3.05, 3.63) is 48.6 Å². The number of carboxylic acids is 1. The van der Waals surface area contributed by atoms with Crippen molar-refractivity contribution in [3.8, 4) is 0 Å². The molecule has 0 saturated carbocycles. The number of carboxylic acid groups (broad SMARTS) is 1. The number of hydrogen-bond acceptors (Lipinski definition) is 7. The maximum Gasteiger partial charge on any atom is 0.361 e. The predicted molar refractivity (Wildman–Crippen MR) is 387 cm³/mol. The summed E-state index contributed by atoms with van der Waals surface area (Å²) in [7, 11) is 6.00. The predicted octanol–water partition coefficient (Wildman–Crippen LogP) is 24.9. The van der Waals surface area contributed by atoms with Crippen LogP contribution >= 0.6 is 0 Å². The highest BCUT2D eigenvalue weighted by atomic mass is 16.7. The third kappa shape index (κ3) is 72.7. The van der Waals surface area contributed by atoms with Crippen LogP contribution in [-0.4, -0.2) is 87.4 Å². The van der Waals surface area contributed by atoms with E-state index in [0.717, 1.165) is 64.2 Å². The molecule has 1 N–H and O–H groups in total. The molecule has 0 radical (unpaired) electrons. The van der Waals surface area contributed by atoms with E-state index in [1.165, 1.54) is 302 Å². The lowest BCUT2D eigenvalue weighted by atomic mass is 10.0. The van der Waals surface area contributed by atoms with Crippen LogP contribution in [0, 0.1) is 0 Å². The van der Waals surface area contributed by atoms with E-state index in [4.69, 9.17) is 18.9 Å². The second-order valence-corrected chi connectivity index (χ2v) is 28.0. The van der Waals surface area contributed by atoms with Crippen LogP contribution in [0.3, 0.4) is 0 Å². The Balaban J connectivity index is 3.95. The number of nitrogens with zero attached hydrogens (tertiary/aromatic N) is 1. The van der Waals surface area contributed by atoms with E-state index >= 15 is 0 Å². The van der Waals surface area contributed by atoms with E-state index < -0.39 is 18.4 Å². The standard InChI is InChI=1S/C81H151NO8/c1-6-8-10-12-14-16-18-20-22-24-26-28-30-32-34-35-36-37-38-39-40-41-42-43-44-45-46-48-50-52-54-56-58-60-62-64-66-68-70-72-79(84)90-77(76-89-81(80(85)86)87-74-73-82(3,4)5)75-88-78(83)71-69-67-65-63-61-59-57-55-53-51-49-47-33-31-29-27-25-23-21-19-17-15-13-11-9-7-2/h8,10,14,16,20,22,26,28,77,81H,6-7,9,11-13,15,17-19,21,23-25,27,29-76H2,1-5H3/p+1/b10-8-,16-14-,22-20-,28-26-. The normalized spacial score (nSPS) is 12.9.